The molecule has 9 heteroatoms. The molecule has 6 N–H and O–H groups in total. The number of rotatable bonds is 13. The highest BCUT2D eigenvalue weighted by molar-refractivity contribution is 4.69. The molecule has 0 radical (unpaired) electrons. The number of hydrogen-bond donors (Lipinski definition) is 5. The average molecular weight is 313 g/mol. The van der Waals surface area contributed by atoms with Crippen LogP contribution in [-0.2, 0) is 18.9 Å². The summed E-state index contributed by atoms with van der Waals surface area (Å²) in [5, 5.41) is 36.7. The van der Waals surface area contributed by atoms with E-state index in [-0.39, 0.29) is 26.0 Å². The molecule has 21 heavy (non-hydrogen) atoms. The molecule has 0 aromatic carbocycles. The standard InChI is InChI=1S/C12H27NO8/c1-8(3-13)21-11(9(16)4-14)6-19-7-20-12(18-2)10(17)5-15/h8-12,14-17H,3-7,13H2,1-2H3/t8-,9+,10-,11?,12?/m1/s1. The van der Waals surface area contributed by atoms with Crippen molar-refractivity contribution in [1.82, 2.24) is 0 Å². The highest BCUT2D eigenvalue weighted by atomic mass is 16.8. The maximum absolute atomic E-state index is 9.61. The summed E-state index contributed by atoms with van der Waals surface area (Å²) < 4.78 is 20.4. The van der Waals surface area contributed by atoms with Crippen LogP contribution in [0.1, 0.15) is 6.92 Å². The number of ether oxygens (including phenoxy) is 4. The summed E-state index contributed by atoms with van der Waals surface area (Å²) >= 11 is 0. The zero-order chi connectivity index (χ0) is 16.3. The summed E-state index contributed by atoms with van der Waals surface area (Å²) in [7, 11) is 1.31. The van der Waals surface area contributed by atoms with Crippen LogP contribution in [0, 0.1) is 0 Å². The molecule has 0 aliphatic heterocycles. The first-order valence-corrected chi connectivity index (χ1v) is 6.65. The number of aliphatic hydroxyl groups is 4. The van der Waals surface area contributed by atoms with Gasteiger partial charge in [-0.2, -0.15) is 0 Å². The van der Waals surface area contributed by atoms with E-state index in [2.05, 4.69) is 0 Å². The van der Waals surface area contributed by atoms with Crippen LogP contribution < -0.4 is 5.73 Å². The van der Waals surface area contributed by atoms with E-state index in [1.165, 1.54) is 7.11 Å². The normalized spacial score (nSPS) is 19.0. The molecule has 0 amide bonds. The number of aliphatic hydroxyl groups excluding tert-OH is 4. The summed E-state index contributed by atoms with van der Waals surface area (Å²) in [5.74, 6) is 0. The van der Waals surface area contributed by atoms with Crippen LogP contribution in [-0.4, -0.2) is 91.4 Å². The van der Waals surface area contributed by atoms with Crippen LogP contribution in [0.5, 0.6) is 0 Å². The molecule has 2 unspecified atom stereocenters. The third-order valence-corrected chi connectivity index (χ3v) is 2.69. The minimum absolute atomic E-state index is 0.0439. The Kier molecular flexibility index (Phi) is 12.0. The maximum atomic E-state index is 9.61. The van der Waals surface area contributed by atoms with Crippen LogP contribution in [0.3, 0.4) is 0 Å². The van der Waals surface area contributed by atoms with Crippen LogP contribution in [0.15, 0.2) is 0 Å². The Morgan fingerprint density at radius 3 is 2.19 bits per heavy atom. The molecule has 5 atom stereocenters. The van der Waals surface area contributed by atoms with Crippen molar-refractivity contribution < 1.29 is 39.4 Å². The fraction of sp³-hybridized carbons (Fsp3) is 1.00. The SMILES string of the molecule is COC(OCOCC(O[C@H](C)CN)[C@@H](O)CO)[C@H](O)CO. The number of hydrogen-bond acceptors (Lipinski definition) is 9. The van der Waals surface area contributed by atoms with Crippen LogP contribution >= 0.6 is 0 Å². The lowest BCUT2D eigenvalue weighted by atomic mass is 10.2. The fourth-order valence-electron chi connectivity index (χ4n) is 1.41. The van der Waals surface area contributed by atoms with Crippen LogP contribution in [0.4, 0.5) is 0 Å². The largest absolute Gasteiger partial charge is 0.394 e. The summed E-state index contributed by atoms with van der Waals surface area (Å²) in [5.41, 5.74) is 5.42. The molecule has 128 valence electrons. The Bertz CT molecular complexity index is 245. The Hall–Kier alpha value is -0.360. The van der Waals surface area contributed by atoms with E-state index in [0.29, 0.717) is 0 Å². The fourth-order valence-corrected chi connectivity index (χ4v) is 1.41. The molecule has 0 heterocycles. The van der Waals surface area contributed by atoms with Gasteiger partial charge in [-0.05, 0) is 6.92 Å². The Morgan fingerprint density at radius 2 is 1.71 bits per heavy atom. The highest BCUT2D eigenvalue weighted by Crippen LogP contribution is 2.06. The second kappa shape index (κ2) is 12.2. The molecule has 0 bridgehead atoms. The monoisotopic (exact) mass is 313 g/mol. The maximum Gasteiger partial charge on any atom is 0.188 e. The molecular weight excluding hydrogens is 286 g/mol. The predicted molar refractivity (Wildman–Crippen MR) is 72.3 cm³/mol. The molecule has 0 aromatic rings. The van der Waals surface area contributed by atoms with E-state index in [4.69, 9.17) is 34.9 Å². The van der Waals surface area contributed by atoms with Gasteiger partial charge in [-0.1, -0.05) is 0 Å². The van der Waals surface area contributed by atoms with Crippen molar-refractivity contribution in [1.29, 1.82) is 0 Å². The minimum atomic E-state index is -1.19. The molecule has 9 nitrogen and oxygen atoms in total. The Balaban J connectivity index is 4.12. The molecule has 0 spiro atoms. The van der Waals surface area contributed by atoms with Gasteiger partial charge in [0.05, 0.1) is 25.9 Å². The quantitative estimate of drug-likeness (QED) is 0.182. The van der Waals surface area contributed by atoms with E-state index in [1.54, 1.807) is 6.92 Å². The van der Waals surface area contributed by atoms with Crippen molar-refractivity contribution in [3.05, 3.63) is 0 Å². The lowest BCUT2D eigenvalue weighted by Gasteiger charge is -2.25. The van der Waals surface area contributed by atoms with Gasteiger partial charge in [-0.3, -0.25) is 0 Å². The smallest absolute Gasteiger partial charge is 0.188 e. The number of nitrogens with two attached hydrogens (primary N) is 1. The van der Waals surface area contributed by atoms with Gasteiger partial charge in [0.15, 0.2) is 6.29 Å². The van der Waals surface area contributed by atoms with Gasteiger partial charge in [0.1, 0.15) is 25.1 Å². The summed E-state index contributed by atoms with van der Waals surface area (Å²) in [6.07, 6.45) is -4.39. The van der Waals surface area contributed by atoms with Gasteiger partial charge in [0.2, 0.25) is 0 Å². The molecule has 0 aliphatic carbocycles. The van der Waals surface area contributed by atoms with E-state index < -0.39 is 37.8 Å². The summed E-state index contributed by atoms with van der Waals surface area (Å²) in [6.45, 7) is 0.714. The van der Waals surface area contributed by atoms with Gasteiger partial charge in [0, 0.05) is 13.7 Å². The lowest BCUT2D eigenvalue weighted by molar-refractivity contribution is -0.235. The second-order valence-corrected chi connectivity index (χ2v) is 4.48. The minimum Gasteiger partial charge on any atom is -0.394 e. The van der Waals surface area contributed by atoms with E-state index in [9.17, 15) is 10.2 Å². The van der Waals surface area contributed by atoms with Gasteiger partial charge in [-0.25, -0.2) is 0 Å². The third-order valence-electron chi connectivity index (χ3n) is 2.69. The Labute approximate surface area is 124 Å². The zero-order valence-electron chi connectivity index (χ0n) is 12.4. The van der Waals surface area contributed by atoms with E-state index >= 15 is 0 Å². The van der Waals surface area contributed by atoms with Crippen molar-refractivity contribution in [2.24, 2.45) is 5.73 Å². The molecule has 0 rings (SSSR count). The molecule has 0 saturated carbocycles. The first-order chi connectivity index (χ1) is 9.99. The van der Waals surface area contributed by atoms with Crippen molar-refractivity contribution in [3.63, 3.8) is 0 Å². The summed E-state index contributed by atoms with van der Waals surface area (Å²) in [4.78, 5) is 0. The average Bonchev–Trinajstić information content (AvgIpc) is 2.51. The van der Waals surface area contributed by atoms with Crippen LogP contribution in [0.2, 0.25) is 0 Å². The van der Waals surface area contributed by atoms with Crippen molar-refractivity contribution in [3.8, 4) is 0 Å². The van der Waals surface area contributed by atoms with E-state index in [0.717, 1.165) is 0 Å². The van der Waals surface area contributed by atoms with Crippen LogP contribution in [0.25, 0.3) is 0 Å². The zero-order valence-corrected chi connectivity index (χ0v) is 12.4. The van der Waals surface area contributed by atoms with E-state index in [1.807, 2.05) is 0 Å². The number of methoxy groups -OCH3 is 1. The van der Waals surface area contributed by atoms with Crippen molar-refractivity contribution in [2.45, 2.75) is 37.6 Å². The summed E-state index contributed by atoms with van der Waals surface area (Å²) in [6, 6.07) is 0. The lowest BCUT2D eigenvalue weighted by Crippen LogP contribution is -2.40. The van der Waals surface area contributed by atoms with Crippen molar-refractivity contribution in [2.75, 3.05) is 40.3 Å². The first-order valence-electron chi connectivity index (χ1n) is 6.65. The topological polar surface area (TPSA) is 144 Å². The van der Waals surface area contributed by atoms with Crippen molar-refractivity contribution >= 4 is 0 Å². The molecule has 0 saturated heterocycles. The molecule has 0 aliphatic rings. The molecule has 0 fully saturated rings. The second-order valence-electron chi connectivity index (χ2n) is 4.48. The predicted octanol–water partition coefficient (Wildman–Crippen LogP) is -2.61. The third kappa shape index (κ3) is 8.61. The van der Waals surface area contributed by atoms with Gasteiger partial charge in [-0.15, -0.1) is 0 Å². The van der Waals surface area contributed by atoms with Gasteiger partial charge < -0.3 is 45.1 Å². The van der Waals surface area contributed by atoms with Gasteiger partial charge in [0.25, 0.3) is 0 Å². The highest BCUT2D eigenvalue weighted by Gasteiger charge is 2.23. The Morgan fingerprint density at radius 1 is 1.10 bits per heavy atom. The molecule has 0 aromatic heterocycles. The first kappa shape index (κ1) is 20.6. The van der Waals surface area contributed by atoms with Gasteiger partial charge >= 0.3 is 0 Å². The molecular formula is C12H27NO8.